The van der Waals surface area contributed by atoms with E-state index in [9.17, 15) is 0 Å². The Hall–Kier alpha value is -0.380. The Labute approximate surface area is 119 Å². The van der Waals surface area contributed by atoms with E-state index in [1.165, 1.54) is 24.9 Å². The van der Waals surface area contributed by atoms with E-state index < -0.39 is 0 Å². The average Bonchev–Trinajstić information content (AvgIpc) is 2.34. The molecular formula is C15H23BrN2. The third kappa shape index (κ3) is 3.56. The van der Waals surface area contributed by atoms with Crippen LogP contribution in [0.15, 0.2) is 28.7 Å². The Balaban J connectivity index is 1.91. The normalized spacial score (nSPS) is 27.1. The summed E-state index contributed by atoms with van der Waals surface area (Å²) < 4.78 is 1.14. The molecule has 0 amide bonds. The van der Waals surface area contributed by atoms with E-state index in [0.717, 1.165) is 4.47 Å². The predicted molar refractivity (Wildman–Crippen MR) is 80.8 cm³/mol. The minimum Gasteiger partial charge on any atom is -0.307 e. The van der Waals surface area contributed by atoms with Crippen molar-refractivity contribution in [1.29, 1.82) is 0 Å². The summed E-state index contributed by atoms with van der Waals surface area (Å²) in [4.78, 5) is 2.45. The molecule has 18 heavy (non-hydrogen) atoms. The molecule has 100 valence electrons. The van der Waals surface area contributed by atoms with Gasteiger partial charge in [0.15, 0.2) is 0 Å². The molecule has 1 fully saturated rings. The van der Waals surface area contributed by atoms with E-state index in [0.29, 0.717) is 18.1 Å². The van der Waals surface area contributed by atoms with Crippen LogP contribution in [-0.4, -0.2) is 30.6 Å². The lowest BCUT2D eigenvalue weighted by molar-refractivity contribution is 0.163. The fraction of sp³-hybridized carbons (Fsp3) is 0.600. The topological polar surface area (TPSA) is 15.3 Å². The number of nitrogens with zero attached hydrogens (tertiary/aromatic N) is 1. The first-order valence-corrected chi connectivity index (χ1v) is 7.57. The average molecular weight is 311 g/mol. The molecule has 3 atom stereocenters. The van der Waals surface area contributed by atoms with E-state index >= 15 is 0 Å². The lowest BCUT2D eigenvalue weighted by atomic mass is 9.97. The van der Waals surface area contributed by atoms with Crippen molar-refractivity contribution in [3.63, 3.8) is 0 Å². The van der Waals surface area contributed by atoms with Gasteiger partial charge in [0.05, 0.1) is 0 Å². The van der Waals surface area contributed by atoms with Gasteiger partial charge < -0.3 is 10.2 Å². The minimum atomic E-state index is 0.429. The summed E-state index contributed by atoms with van der Waals surface area (Å²) in [5.74, 6) is 0. The van der Waals surface area contributed by atoms with Crippen molar-refractivity contribution in [3.8, 4) is 0 Å². The SMILES string of the molecule is CC1CC(N[C@@H](C)c2ccc(Br)cc2)CCN1C. The van der Waals surface area contributed by atoms with E-state index in [2.05, 4.69) is 71.3 Å². The highest BCUT2D eigenvalue weighted by Crippen LogP contribution is 2.21. The summed E-state index contributed by atoms with van der Waals surface area (Å²) in [6.07, 6.45) is 2.50. The van der Waals surface area contributed by atoms with Gasteiger partial charge in [-0.1, -0.05) is 28.1 Å². The first-order chi connectivity index (χ1) is 8.56. The Kier molecular flexibility index (Phi) is 4.82. The van der Waals surface area contributed by atoms with Crippen LogP contribution in [0.5, 0.6) is 0 Å². The first-order valence-electron chi connectivity index (χ1n) is 6.78. The predicted octanol–water partition coefficient (Wildman–Crippen LogP) is 3.58. The Morgan fingerprint density at radius 2 is 2.00 bits per heavy atom. The molecule has 2 unspecified atom stereocenters. The highest BCUT2D eigenvalue weighted by molar-refractivity contribution is 9.10. The van der Waals surface area contributed by atoms with Gasteiger partial charge in [-0.25, -0.2) is 0 Å². The molecule has 1 saturated heterocycles. The quantitative estimate of drug-likeness (QED) is 0.918. The molecule has 0 spiro atoms. The maximum Gasteiger partial charge on any atom is 0.0294 e. The largest absolute Gasteiger partial charge is 0.307 e. The molecular weight excluding hydrogens is 288 g/mol. The van der Waals surface area contributed by atoms with Gasteiger partial charge in [0.25, 0.3) is 0 Å². The van der Waals surface area contributed by atoms with E-state index in [-0.39, 0.29) is 0 Å². The second-order valence-electron chi connectivity index (χ2n) is 5.49. The second kappa shape index (κ2) is 6.18. The van der Waals surface area contributed by atoms with Crippen LogP contribution in [0.2, 0.25) is 0 Å². The van der Waals surface area contributed by atoms with Gasteiger partial charge in [0, 0.05) is 22.6 Å². The van der Waals surface area contributed by atoms with Gasteiger partial charge in [0.2, 0.25) is 0 Å². The molecule has 1 aliphatic heterocycles. The molecule has 2 nitrogen and oxygen atoms in total. The molecule has 1 aliphatic rings. The molecule has 0 aliphatic carbocycles. The van der Waals surface area contributed by atoms with Crippen molar-refractivity contribution in [2.75, 3.05) is 13.6 Å². The number of hydrogen-bond donors (Lipinski definition) is 1. The minimum absolute atomic E-state index is 0.429. The van der Waals surface area contributed by atoms with Gasteiger partial charge in [-0.2, -0.15) is 0 Å². The summed E-state index contributed by atoms with van der Waals surface area (Å²) in [7, 11) is 2.22. The molecule has 1 heterocycles. The standard InChI is InChI=1S/C15H23BrN2/c1-11-10-15(8-9-18(11)3)17-12(2)13-4-6-14(16)7-5-13/h4-7,11-12,15,17H,8-10H2,1-3H3/t11?,12-,15?/m0/s1. The summed E-state index contributed by atoms with van der Waals surface area (Å²) in [6.45, 7) is 5.77. The zero-order valence-electron chi connectivity index (χ0n) is 11.5. The fourth-order valence-electron chi connectivity index (χ4n) is 2.64. The summed E-state index contributed by atoms with van der Waals surface area (Å²) in [6, 6.07) is 10.4. The van der Waals surface area contributed by atoms with Crippen molar-refractivity contribution in [2.24, 2.45) is 0 Å². The molecule has 1 aromatic rings. The van der Waals surface area contributed by atoms with Gasteiger partial charge in [-0.3, -0.25) is 0 Å². The Bertz CT molecular complexity index is 377. The monoisotopic (exact) mass is 310 g/mol. The Morgan fingerprint density at radius 3 is 2.61 bits per heavy atom. The molecule has 3 heteroatoms. The van der Waals surface area contributed by atoms with Crippen LogP contribution in [0.4, 0.5) is 0 Å². The molecule has 0 bridgehead atoms. The number of hydrogen-bond acceptors (Lipinski definition) is 2. The second-order valence-corrected chi connectivity index (χ2v) is 6.41. The van der Waals surface area contributed by atoms with Gasteiger partial charge in [-0.05, 0) is 58.0 Å². The molecule has 0 saturated carbocycles. The van der Waals surface area contributed by atoms with Crippen molar-refractivity contribution in [3.05, 3.63) is 34.3 Å². The van der Waals surface area contributed by atoms with Gasteiger partial charge in [-0.15, -0.1) is 0 Å². The number of piperidine rings is 1. The molecule has 0 radical (unpaired) electrons. The number of halogens is 1. The smallest absolute Gasteiger partial charge is 0.0294 e. The highest BCUT2D eigenvalue weighted by Gasteiger charge is 2.23. The van der Waals surface area contributed by atoms with E-state index in [1.807, 2.05) is 0 Å². The number of nitrogens with one attached hydrogen (secondary N) is 1. The molecule has 1 N–H and O–H groups in total. The van der Waals surface area contributed by atoms with E-state index in [4.69, 9.17) is 0 Å². The van der Waals surface area contributed by atoms with Crippen LogP contribution >= 0.6 is 15.9 Å². The molecule has 2 rings (SSSR count). The van der Waals surface area contributed by atoms with Crippen LogP contribution in [0.1, 0.15) is 38.3 Å². The van der Waals surface area contributed by atoms with Crippen LogP contribution in [-0.2, 0) is 0 Å². The zero-order valence-corrected chi connectivity index (χ0v) is 13.1. The Morgan fingerprint density at radius 1 is 1.33 bits per heavy atom. The third-order valence-corrected chi connectivity index (χ3v) is 4.59. The van der Waals surface area contributed by atoms with Crippen LogP contribution < -0.4 is 5.32 Å². The maximum atomic E-state index is 3.76. The fourth-order valence-corrected chi connectivity index (χ4v) is 2.91. The van der Waals surface area contributed by atoms with E-state index in [1.54, 1.807) is 0 Å². The lowest BCUT2D eigenvalue weighted by Crippen LogP contribution is -2.46. The van der Waals surface area contributed by atoms with Crippen LogP contribution in [0.25, 0.3) is 0 Å². The number of rotatable bonds is 3. The van der Waals surface area contributed by atoms with Crippen molar-refractivity contribution in [1.82, 2.24) is 10.2 Å². The van der Waals surface area contributed by atoms with Crippen molar-refractivity contribution >= 4 is 15.9 Å². The third-order valence-electron chi connectivity index (χ3n) is 4.06. The van der Waals surface area contributed by atoms with Crippen LogP contribution in [0, 0.1) is 0 Å². The van der Waals surface area contributed by atoms with Gasteiger partial charge in [0.1, 0.15) is 0 Å². The maximum absolute atomic E-state index is 3.76. The summed E-state index contributed by atoms with van der Waals surface area (Å²) >= 11 is 3.48. The van der Waals surface area contributed by atoms with Crippen molar-refractivity contribution in [2.45, 2.75) is 44.8 Å². The van der Waals surface area contributed by atoms with Crippen LogP contribution in [0.3, 0.4) is 0 Å². The highest BCUT2D eigenvalue weighted by atomic mass is 79.9. The summed E-state index contributed by atoms with van der Waals surface area (Å²) in [5.41, 5.74) is 1.37. The molecule has 1 aromatic carbocycles. The lowest BCUT2D eigenvalue weighted by Gasteiger charge is -2.36. The zero-order chi connectivity index (χ0) is 13.1. The molecule has 0 aromatic heterocycles. The summed E-state index contributed by atoms with van der Waals surface area (Å²) in [5, 5.41) is 3.76. The van der Waals surface area contributed by atoms with Gasteiger partial charge >= 0.3 is 0 Å². The van der Waals surface area contributed by atoms with Crippen molar-refractivity contribution < 1.29 is 0 Å². The number of likely N-dealkylation sites (tertiary alicyclic amines) is 1. The first kappa shape index (κ1) is 14.0. The number of benzene rings is 1.